The molecule has 1 aliphatic heterocycles. The summed E-state index contributed by atoms with van der Waals surface area (Å²) in [6, 6.07) is 18.5. The Morgan fingerprint density at radius 1 is 1.11 bits per heavy atom. The zero-order chi connectivity index (χ0) is 19.1. The molecule has 1 aliphatic rings. The monoisotopic (exact) mass is 366 g/mol. The lowest BCUT2D eigenvalue weighted by Crippen LogP contribution is -2.48. The fraction of sp³-hybridized carbons (Fsp3) is 0.435. The summed E-state index contributed by atoms with van der Waals surface area (Å²) in [6.45, 7) is 8.75. The highest BCUT2D eigenvalue weighted by atomic mass is 16.5. The lowest BCUT2D eigenvalue weighted by atomic mass is 10.0. The van der Waals surface area contributed by atoms with Gasteiger partial charge in [-0.25, -0.2) is 0 Å². The molecule has 1 N–H and O–H groups in total. The van der Waals surface area contributed by atoms with Gasteiger partial charge in [-0.05, 0) is 22.6 Å². The number of benzene rings is 2. The standard InChI is InChI=1S/C23H30N2O2/c1-18(2)16-25-12-13-27-22(17-25)15-24-23(26)14-19-8-10-21(11-9-19)20-6-4-3-5-7-20/h3-11,18,22H,12-17H2,1-2H3,(H,24,26). The van der Waals surface area contributed by atoms with E-state index in [0.717, 1.165) is 31.8 Å². The molecule has 2 aromatic rings. The quantitative estimate of drug-likeness (QED) is 0.817. The summed E-state index contributed by atoms with van der Waals surface area (Å²) < 4.78 is 5.80. The highest BCUT2D eigenvalue weighted by Gasteiger charge is 2.21. The Labute approximate surface area is 162 Å². The Morgan fingerprint density at radius 3 is 2.52 bits per heavy atom. The Bertz CT molecular complexity index is 713. The summed E-state index contributed by atoms with van der Waals surface area (Å²) in [6.07, 6.45) is 0.485. The van der Waals surface area contributed by atoms with Gasteiger partial charge in [-0.3, -0.25) is 9.69 Å². The highest BCUT2D eigenvalue weighted by Crippen LogP contribution is 2.19. The third-order valence-corrected chi connectivity index (χ3v) is 4.80. The third kappa shape index (κ3) is 6.19. The minimum absolute atomic E-state index is 0.0482. The van der Waals surface area contributed by atoms with Crippen molar-refractivity contribution in [1.29, 1.82) is 0 Å². The minimum Gasteiger partial charge on any atom is -0.374 e. The molecule has 4 nitrogen and oxygen atoms in total. The molecule has 0 bridgehead atoms. The number of nitrogens with zero attached hydrogens (tertiary/aromatic N) is 1. The third-order valence-electron chi connectivity index (χ3n) is 4.80. The van der Waals surface area contributed by atoms with E-state index in [-0.39, 0.29) is 12.0 Å². The van der Waals surface area contributed by atoms with E-state index in [0.29, 0.717) is 18.9 Å². The van der Waals surface area contributed by atoms with Crippen LogP contribution in [-0.4, -0.2) is 49.7 Å². The maximum atomic E-state index is 12.3. The number of carbonyl (C=O) groups excluding carboxylic acids is 1. The van der Waals surface area contributed by atoms with E-state index in [2.05, 4.69) is 48.3 Å². The molecule has 0 aromatic heterocycles. The predicted molar refractivity (Wildman–Crippen MR) is 110 cm³/mol. The van der Waals surface area contributed by atoms with Crippen LogP contribution in [0, 0.1) is 5.92 Å². The van der Waals surface area contributed by atoms with Crippen LogP contribution in [0.25, 0.3) is 11.1 Å². The molecule has 0 saturated carbocycles. The van der Waals surface area contributed by atoms with Gasteiger partial charge in [0.2, 0.25) is 5.91 Å². The summed E-state index contributed by atoms with van der Waals surface area (Å²) in [7, 11) is 0. The van der Waals surface area contributed by atoms with Gasteiger partial charge in [-0.2, -0.15) is 0 Å². The van der Waals surface area contributed by atoms with Crippen LogP contribution in [0.3, 0.4) is 0 Å². The van der Waals surface area contributed by atoms with Gasteiger partial charge in [-0.15, -0.1) is 0 Å². The molecule has 3 rings (SSSR count). The predicted octanol–water partition coefficient (Wildman–Crippen LogP) is 3.37. The van der Waals surface area contributed by atoms with Crippen molar-refractivity contribution in [2.45, 2.75) is 26.4 Å². The van der Waals surface area contributed by atoms with E-state index in [1.807, 2.05) is 30.3 Å². The van der Waals surface area contributed by atoms with Gasteiger partial charge >= 0.3 is 0 Å². The van der Waals surface area contributed by atoms with E-state index in [9.17, 15) is 4.79 Å². The van der Waals surface area contributed by atoms with Crippen molar-refractivity contribution in [3.05, 3.63) is 60.2 Å². The lowest BCUT2D eigenvalue weighted by Gasteiger charge is -2.33. The van der Waals surface area contributed by atoms with Crippen LogP contribution in [0.15, 0.2) is 54.6 Å². The lowest BCUT2D eigenvalue weighted by molar-refractivity contribution is -0.121. The van der Waals surface area contributed by atoms with Crippen LogP contribution in [0.4, 0.5) is 0 Å². The van der Waals surface area contributed by atoms with E-state index < -0.39 is 0 Å². The summed E-state index contributed by atoms with van der Waals surface area (Å²) >= 11 is 0. The smallest absolute Gasteiger partial charge is 0.224 e. The number of rotatable bonds is 7. The molecule has 0 spiro atoms. The number of carbonyl (C=O) groups is 1. The Hall–Kier alpha value is -2.17. The first-order valence-corrected chi connectivity index (χ1v) is 9.85. The number of hydrogen-bond acceptors (Lipinski definition) is 3. The molecule has 144 valence electrons. The number of hydrogen-bond donors (Lipinski definition) is 1. The van der Waals surface area contributed by atoms with Gasteiger partial charge in [0, 0.05) is 26.2 Å². The van der Waals surface area contributed by atoms with Gasteiger partial charge in [0.05, 0.1) is 19.1 Å². The van der Waals surface area contributed by atoms with Gasteiger partial charge in [0.1, 0.15) is 0 Å². The van der Waals surface area contributed by atoms with Gasteiger partial charge in [-0.1, -0.05) is 68.4 Å². The van der Waals surface area contributed by atoms with Crippen molar-refractivity contribution >= 4 is 5.91 Å². The summed E-state index contributed by atoms with van der Waals surface area (Å²) in [5.41, 5.74) is 3.38. The first kappa shape index (κ1) is 19.6. The molecule has 2 aromatic carbocycles. The van der Waals surface area contributed by atoms with E-state index in [1.165, 1.54) is 11.1 Å². The molecular formula is C23H30N2O2. The Kier molecular flexibility index (Phi) is 7.02. The molecule has 1 atom stereocenters. The van der Waals surface area contributed by atoms with Crippen LogP contribution >= 0.6 is 0 Å². The fourth-order valence-corrected chi connectivity index (χ4v) is 3.51. The first-order valence-electron chi connectivity index (χ1n) is 9.85. The molecule has 1 heterocycles. The van der Waals surface area contributed by atoms with Crippen molar-refractivity contribution in [3.63, 3.8) is 0 Å². The van der Waals surface area contributed by atoms with Gasteiger partial charge < -0.3 is 10.1 Å². The Morgan fingerprint density at radius 2 is 1.81 bits per heavy atom. The van der Waals surface area contributed by atoms with Crippen molar-refractivity contribution < 1.29 is 9.53 Å². The molecule has 27 heavy (non-hydrogen) atoms. The second-order valence-electron chi connectivity index (χ2n) is 7.69. The second kappa shape index (κ2) is 9.67. The molecular weight excluding hydrogens is 336 g/mol. The first-order chi connectivity index (χ1) is 13.1. The topological polar surface area (TPSA) is 41.6 Å². The second-order valence-corrected chi connectivity index (χ2v) is 7.69. The van der Waals surface area contributed by atoms with Crippen molar-refractivity contribution in [3.8, 4) is 11.1 Å². The zero-order valence-corrected chi connectivity index (χ0v) is 16.4. The molecule has 1 unspecified atom stereocenters. The number of nitrogens with one attached hydrogen (secondary N) is 1. The average molecular weight is 367 g/mol. The number of amides is 1. The largest absolute Gasteiger partial charge is 0.374 e. The minimum atomic E-state index is 0.0482. The SMILES string of the molecule is CC(C)CN1CCOC(CNC(=O)Cc2ccc(-c3ccccc3)cc2)C1. The average Bonchev–Trinajstić information content (AvgIpc) is 2.67. The molecule has 0 radical (unpaired) electrons. The van der Waals surface area contributed by atoms with Crippen molar-refractivity contribution in [2.75, 3.05) is 32.8 Å². The van der Waals surface area contributed by atoms with Crippen molar-refractivity contribution in [2.24, 2.45) is 5.92 Å². The maximum absolute atomic E-state index is 12.3. The van der Waals surface area contributed by atoms with E-state index in [1.54, 1.807) is 0 Å². The van der Waals surface area contributed by atoms with Crippen molar-refractivity contribution in [1.82, 2.24) is 10.2 Å². The number of morpholine rings is 1. The zero-order valence-electron chi connectivity index (χ0n) is 16.4. The van der Waals surface area contributed by atoms with E-state index in [4.69, 9.17) is 4.74 Å². The van der Waals surface area contributed by atoms with E-state index >= 15 is 0 Å². The van der Waals surface area contributed by atoms with Crippen LogP contribution in [-0.2, 0) is 16.0 Å². The molecule has 4 heteroatoms. The van der Waals surface area contributed by atoms with Crippen LogP contribution in [0.2, 0.25) is 0 Å². The molecule has 1 saturated heterocycles. The maximum Gasteiger partial charge on any atom is 0.224 e. The van der Waals surface area contributed by atoms with Crippen LogP contribution in [0.5, 0.6) is 0 Å². The molecule has 1 fully saturated rings. The summed E-state index contributed by atoms with van der Waals surface area (Å²) in [5.74, 6) is 0.698. The molecule has 1 amide bonds. The van der Waals surface area contributed by atoms with Crippen LogP contribution in [0.1, 0.15) is 19.4 Å². The highest BCUT2D eigenvalue weighted by molar-refractivity contribution is 5.78. The van der Waals surface area contributed by atoms with Crippen LogP contribution < -0.4 is 5.32 Å². The Balaban J connectivity index is 1.45. The number of ether oxygens (including phenoxy) is 1. The summed E-state index contributed by atoms with van der Waals surface area (Å²) in [4.78, 5) is 14.7. The van der Waals surface area contributed by atoms with Gasteiger partial charge in [0.25, 0.3) is 0 Å². The fourth-order valence-electron chi connectivity index (χ4n) is 3.51. The molecule has 0 aliphatic carbocycles. The normalized spacial score (nSPS) is 17.8. The summed E-state index contributed by atoms with van der Waals surface area (Å²) in [5, 5.41) is 3.03. The van der Waals surface area contributed by atoms with Gasteiger partial charge in [0.15, 0.2) is 0 Å².